The molecule has 0 radical (unpaired) electrons. The molecular formula is C16H7BrCl2N4O2. The van der Waals surface area contributed by atoms with Crippen molar-refractivity contribution in [2.75, 3.05) is 0 Å². The fourth-order valence-electron chi connectivity index (χ4n) is 2.33. The van der Waals surface area contributed by atoms with Crippen LogP contribution in [0.25, 0.3) is 28.2 Å². The van der Waals surface area contributed by atoms with Gasteiger partial charge in [-0.1, -0.05) is 29.3 Å². The largest absolute Gasteiger partial charge is 0.403 e. The van der Waals surface area contributed by atoms with E-state index in [1.165, 1.54) is 4.68 Å². The Hall–Kier alpha value is -2.22. The Morgan fingerprint density at radius 3 is 2.72 bits per heavy atom. The number of hydrogen-bond donors (Lipinski definition) is 0. The molecule has 6 nitrogen and oxygen atoms in total. The Labute approximate surface area is 159 Å². The third-order valence-corrected chi connectivity index (χ3v) is 4.65. The highest BCUT2D eigenvalue weighted by Gasteiger charge is 2.18. The summed E-state index contributed by atoms with van der Waals surface area (Å²) < 4.78 is 7.23. The molecule has 4 rings (SSSR count). The fourth-order valence-corrected chi connectivity index (χ4v) is 3.19. The van der Waals surface area contributed by atoms with Crippen LogP contribution in [0.4, 0.5) is 0 Å². The predicted molar refractivity (Wildman–Crippen MR) is 98.4 cm³/mol. The van der Waals surface area contributed by atoms with Gasteiger partial charge in [0.2, 0.25) is 5.89 Å². The molecular weight excluding hydrogens is 431 g/mol. The van der Waals surface area contributed by atoms with Gasteiger partial charge in [-0.15, -0.1) is 0 Å². The van der Waals surface area contributed by atoms with Crippen LogP contribution in [0.5, 0.6) is 0 Å². The minimum atomic E-state index is -0.530. The summed E-state index contributed by atoms with van der Waals surface area (Å²) in [5.74, 6) is 0.535. The quantitative estimate of drug-likeness (QED) is 0.461. The van der Waals surface area contributed by atoms with Crippen LogP contribution in [-0.2, 0) is 0 Å². The average molecular weight is 438 g/mol. The first-order valence-electron chi connectivity index (χ1n) is 7.00. The minimum Gasteiger partial charge on any atom is -0.403 e. The van der Waals surface area contributed by atoms with Crippen LogP contribution in [0.1, 0.15) is 0 Å². The molecule has 0 saturated heterocycles. The minimum absolute atomic E-state index is 0.0933. The molecule has 0 fully saturated rings. The standard InChI is InChI=1S/C16H7BrCl2N4O2/c17-13-9(7-23(22-13)14-11(19)5-2-6-20-14)15-21-12-8(16(24)25-15)3-1-4-10(12)18/h1-7H. The Morgan fingerprint density at radius 2 is 1.92 bits per heavy atom. The van der Waals surface area contributed by atoms with Gasteiger partial charge in [-0.25, -0.2) is 19.4 Å². The molecule has 9 heteroatoms. The first kappa shape index (κ1) is 16.3. The number of fused-ring (bicyclic) bond motifs is 1. The molecule has 0 amide bonds. The fraction of sp³-hybridized carbons (Fsp3) is 0. The third kappa shape index (κ3) is 2.84. The summed E-state index contributed by atoms with van der Waals surface area (Å²) in [4.78, 5) is 20.8. The van der Waals surface area contributed by atoms with Crippen molar-refractivity contribution in [3.63, 3.8) is 0 Å². The van der Waals surface area contributed by atoms with Gasteiger partial charge in [-0.05, 0) is 40.2 Å². The zero-order valence-electron chi connectivity index (χ0n) is 12.3. The number of pyridine rings is 1. The van der Waals surface area contributed by atoms with Crippen LogP contribution < -0.4 is 5.63 Å². The number of halogens is 3. The highest BCUT2D eigenvalue weighted by atomic mass is 79.9. The maximum Gasteiger partial charge on any atom is 0.347 e. The average Bonchev–Trinajstić information content (AvgIpc) is 2.98. The van der Waals surface area contributed by atoms with E-state index in [2.05, 4.69) is 31.0 Å². The maximum atomic E-state index is 12.2. The third-order valence-electron chi connectivity index (χ3n) is 3.47. The van der Waals surface area contributed by atoms with Crippen molar-refractivity contribution in [3.05, 3.63) is 67.8 Å². The molecule has 0 N–H and O–H groups in total. The molecule has 0 bridgehead atoms. The van der Waals surface area contributed by atoms with E-state index in [0.717, 1.165) is 0 Å². The topological polar surface area (TPSA) is 73.8 Å². The van der Waals surface area contributed by atoms with Gasteiger partial charge in [-0.3, -0.25) is 0 Å². The summed E-state index contributed by atoms with van der Waals surface area (Å²) in [6, 6.07) is 8.35. The SMILES string of the molecule is O=c1oc(-c2cn(-c3ncccc3Cl)nc2Br)nc2c(Cl)cccc12. The van der Waals surface area contributed by atoms with Crippen LogP contribution in [0.3, 0.4) is 0 Å². The second-order valence-electron chi connectivity index (χ2n) is 5.03. The Morgan fingerprint density at radius 1 is 1.12 bits per heavy atom. The monoisotopic (exact) mass is 436 g/mol. The number of para-hydroxylation sites is 1. The van der Waals surface area contributed by atoms with Crippen LogP contribution in [-0.4, -0.2) is 19.7 Å². The summed E-state index contributed by atoms with van der Waals surface area (Å²) in [6.45, 7) is 0. The van der Waals surface area contributed by atoms with Crippen molar-refractivity contribution in [2.24, 2.45) is 0 Å². The number of nitrogens with zero attached hydrogens (tertiary/aromatic N) is 4. The zero-order valence-corrected chi connectivity index (χ0v) is 15.4. The molecule has 3 heterocycles. The van der Waals surface area contributed by atoms with Crippen molar-refractivity contribution in [1.29, 1.82) is 0 Å². The summed E-state index contributed by atoms with van der Waals surface area (Å²) in [5, 5.41) is 5.41. The Bertz CT molecular complexity index is 1170. The first-order valence-corrected chi connectivity index (χ1v) is 8.55. The van der Waals surface area contributed by atoms with Gasteiger partial charge >= 0.3 is 5.63 Å². The number of rotatable bonds is 2. The van der Waals surface area contributed by atoms with E-state index in [9.17, 15) is 4.79 Å². The summed E-state index contributed by atoms with van der Waals surface area (Å²) in [7, 11) is 0. The second kappa shape index (κ2) is 6.25. The normalized spacial score (nSPS) is 11.2. The number of hydrogen-bond acceptors (Lipinski definition) is 5. The molecule has 0 spiro atoms. The molecule has 0 aliphatic carbocycles. The second-order valence-corrected chi connectivity index (χ2v) is 6.60. The summed E-state index contributed by atoms with van der Waals surface area (Å²) >= 11 is 15.6. The van der Waals surface area contributed by atoms with Gasteiger partial charge in [0, 0.05) is 12.4 Å². The summed E-state index contributed by atoms with van der Waals surface area (Å²) in [6.07, 6.45) is 3.22. The molecule has 25 heavy (non-hydrogen) atoms. The van der Waals surface area contributed by atoms with Crippen molar-refractivity contribution >= 4 is 50.0 Å². The lowest BCUT2D eigenvalue weighted by Crippen LogP contribution is -2.03. The molecule has 4 aromatic rings. The molecule has 0 unspecified atom stereocenters. The summed E-state index contributed by atoms with van der Waals surface area (Å²) in [5.41, 5.74) is 0.310. The smallest absolute Gasteiger partial charge is 0.347 e. The molecule has 0 aliphatic heterocycles. The van der Waals surface area contributed by atoms with Gasteiger partial charge in [0.1, 0.15) is 10.1 Å². The Balaban J connectivity index is 1.92. The molecule has 1 aromatic carbocycles. The van der Waals surface area contributed by atoms with E-state index in [-0.39, 0.29) is 5.89 Å². The van der Waals surface area contributed by atoms with Gasteiger partial charge in [-0.2, -0.15) is 5.10 Å². The maximum absolute atomic E-state index is 12.2. The van der Waals surface area contributed by atoms with Gasteiger partial charge < -0.3 is 4.42 Å². The lowest BCUT2D eigenvalue weighted by atomic mass is 10.2. The van der Waals surface area contributed by atoms with Crippen molar-refractivity contribution in [2.45, 2.75) is 0 Å². The lowest BCUT2D eigenvalue weighted by molar-refractivity contribution is 0.518. The van der Waals surface area contributed by atoms with Crippen molar-refractivity contribution < 1.29 is 4.42 Å². The van der Waals surface area contributed by atoms with E-state index in [0.29, 0.717) is 36.9 Å². The van der Waals surface area contributed by atoms with Gasteiger partial charge in [0.25, 0.3) is 0 Å². The van der Waals surface area contributed by atoms with E-state index in [1.54, 1.807) is 42.7 Å². The molecule has 0 saturated carbocycles. The first-order chi connectivity index (χ1) is 12.0. The van der Waals surface area contributed by atoms with Gasteiger partial charge in [0.15, 0.2) is 5.82 Å². The predicted octanol–water partition coefficient (Wildman–Crippen LogP) is 4.51. The molecule has 0 aliphatic rings. The molecule has 124 valence electrons. The van der Waals surface area contributed by atoms with E-state index in [4.69, 9.17) is 27.6 Å². The van der Waals surface area contributed by atoms with Crippen LogP contribution in [0.15, 0.2) is 56.5 Å². The van der Waals surface area contributed by atoms with E-state index < -0.39 is 5.63 Å². The Kier molecular flexibility index (Phi) is 4.07. The van der Waals surface area contributed by atoms with Crippen LogP contribution in [0.2, 0.25) is 10.0 Å². The highest BCUT2D eigenvalue weighted by Crippen LogP contribution is 2.29. The van der Waals surface area contributed by atoms with Crippen LogP contribution in [0, 0.1) is 0 Å². The molecule has 0 atom stereocenters. The number of benzene rings is 1. The van der Waals surface area contributed by atoms with Crippen LogP contribution >= 0.6 is 39.1 Å². The zero-order chi connectivity index (χ0) is 17.6. The number of aromatic nitrogens is 4. The van der Waals surface area contributed by atoms with E-state index in [1.807, 2.05) is 0 Å². The highest BCUT2D eigenvalue weighted by molar-refractivity contribution is 9.10. The van der Waals surface area contributed by atoms with Crippen molar-refractivity contribution in [1.82, 2.24) is 19.7 Å². The van der Waals surface area contributed by atoms with E-state index >= 15 is 0 Å². The molecule has 3 aromatic heterocycles. The van der Waals surface area contributed by atoms with Gasteiger partial charge in [0.05, 0.1) is 21.0 Å². The van der Waals surface area contributed by atoms with Crippen molar-refractivity contribution in [3.8, 4) is 17.3 Å². The lowest BCUT2D eigenvalue weighted by Gasteiger charge is -2.02.